The normalized spacial score (nSPS) is 12.4. The van der Waals surface area contributed by atoms with Gasteiger partial charge in [0, 0.05) is 0 Å². The fourth-order valence-electron chi connectivity index (χ4n) is 1.53. The summed E-state index contributed by atoms with van der Waals surface area (Å²) in [5.41, 5.74) is 0.669. The van der Waals surface area contributed by atoms with E-state index >= 15 is 0 Å². The Kier molecular flexibility index (Phi) is 6.07. The minimum atomic E-state index is -5.25. The van der Waals surface area contributed by atoms with Gasteiger partial charge in [0.25, 0.3) is 0 Å². The Labute approximate surface area is 119 Å². The molecular formula is C12H14BF3NO4-. The van der Waals surface area contributed by atoms with Crippen molar-refractivity contribution in [2.24, 2.45) is 0 Å². The molecule has 1 atom stereocenters. The number of hydrogen-bond donors (Lipinski definition) is 1. The summed E-state index contributed by atoms with van der Waals surface area (Å²) >= 11 is 0. The molecule has 1 amide bonds. The molecule has 1 aromatic rings. The Morgan fingerprint density at radius 3 is 2.38 bits per heavy atom. The maximum atomic E-state index is 12.4. The van der Waals surface area contributed by atoms with E-state index in [0.717, 1.165) is 7.11 Å². The SMILES string of the molecule is COC(=O)C(C[B-](F)(F)F)NC(=O)OCc1ccccc1. The number of rotatable bonds is 6. The molecule has 21 heavy (non-hydrogen) atoms. The monoisotopic (exact) mass is 304 g/mol. The Hall–Kier alpha value is -2.19. The van der Waals surface area contributed by atoms with E-state index in [4.69, 9.17) is 4.74 Å². The van der Waals surface area contributed by atoms with Gasteiger partial charge in [0.15, 0.2) is 0 Å². The van der Waals surface area contributed by atoms with E-state index in [9.17, 15) is 22.5 Å². The van der Waals surface area contributed by atoms with Crippen LogP contribution in [-0.4, -0.2) is 32.2 Å². The van der Waals surface area contributed by atoms with Gasteiger partial charge in [-0.15, -0.1) is 0 Å². The van der Waals surface area contributed by atoms with Crippen LogP contribution in [0.4, 0.5) is 17.7 Å². The first kappa shape index (κ1) is 16.9. The molecule has 0 aromatic heterocycles. The molecule has 0 saturated carbocycles. The van der Waals surface area contributed by atoms with Crippen molar-refractivity contribution in [2.45, 2.75) is 19.0 Å². The average molecular weight is 304 g/mol. The van der Waals surface area contributed by atoms with Gasteiger partial charge in [-0.1, -0.05) is 36.7 Å². The summed E-state index contributed by atoms with van der Waals surface area (Å²) in [5, 5.41) is 1.85. The van der Waals surface area contributed by atoms with Gasteiger partial charge in [0.05, 0.1) is 7.11 Å². The number of benzene rings is 1. The molecule has 0 radical (unpaired) electrons. The van der Waals surface area contributed by atoms with Crippen LogP contribution >= 0.6 is 0 Å². The van der Waals surface area contributed by atoms with Crippen molar-refractivity contribution in [2.75, 3.05) is 7.11 Å². The summed E-state index contributed by atoms with van der Waals surface area (Å²) < 4.78 is 46.1. The number of nitrogens with one attached hydrogen (secondary N) is 1. The maximum Gasteiger partial charge on any atom is 0.480 e. The third-order valence-electron chi connectivity index (χ3n) is 2.49. The second-order valence-corrected chi connectivity index (χ2v) is 4.23. The molecule has 0 aliphatic heterocycles. The molecule has 1 aromatic carbocycles. The van der Waals surface area contributed by atoms with Crippen molar-refractivity contribution in [3.05, 3.63) is 35.9 Å². The van der Waals surface area contributed by atoms with Gasteiger partial charge in [-0.25, -0.2) is 9.59 Å². The average Bonchev–Trinajstić information content (AvgIpc) is 2.43. The fourth-order valence-corrected chi connectivity index (χ4v) is 1.53. The molecule has 0 aliphatic rings. The third-order valence-corrected chi connectivity index (χ3v) is 2.49. The van der Waals surface area contributed by atoms with Crippen LogP contribution in [0, 0.1) is 0 Å². The zero-order valence-corrected chi connectivity index (χ0v) is 11.2. The molecule has 1 unspecified atom stereocenters. The summed E-state index contributed by atoms with van der Waals surface area (Å²) in [6.45, 7) is -5.36. The number of methoxy groups -OCH3 is 1. The van der Waals surface area contributed by atoms with E-state index in [1.165, 1.54) is 0 Å². The van der Waals surface area contributed by atoms with Gasteiger partial charge in [-0.3, -0.25) is 0 Å². The molecule has 1 rings (SSSR count). The van der Waals surface area contributed by atoms with E-state index in [0.29, 0.717) is 5.56 Å². The number of ether oxygens (including phenoxy) is 2. The molecule has 1 N–H and O–H groups in total. The van der Waals surface area contributed by atoms with E-state index in [1.54, 1.807) is 30.3 Å². The predicted octanol–water partition coefficient (Wildman–Crippen LogP) is 2.30. The number of carbonyl (C=O) groups is 2. The Morgan fingerprint density at radius 2 is 1.86 bits per heavy atom. The van der Waals surface area contributed by atoms with Crippen molar-refractivity contribution in [3.8, 4) is 0 Å². The molecule has 116 valence electrons. The lowest BCUT2D eigenvalue weighted by Gasteiger charge is -2.21. The predicted molar refractivity (Wildman–Crippen MR) is 69.5 cm³/mol. The van der Waals surface area contributed by atoms with Crippen molar-refractivity contribution < 1.29 is 32.0 Å². The van der Waals surface area contributed by atoms with Crippen molar-refractivity contribution >= 4 is 19.0 Å². The number of hydrogen-bond acceptors (Lipinski definition) is 4. The molecule has 0 aliphatic carbocycles. The standard InChI is InChI=1S/C12H14BF3NO4/c1-20-11(18)10(7-13(14,15)16)17-12(19)21-8-9-5-3-2-4-6-9/h2-6,10H,7-8H2,1H3,(H,17,19)/q-1. The first-order valence-electron chi connectivity index (χ1n) is 6.08. The molecule has 0 bridgehead atoms. The summed E-state index contributed by atoms with van der Waals surface area (Å²) in [5.74, 6) is -1.18. The molecule has 0 saturated heterocycles. The van der Waals surface area contributed by atoms with Crippen LogP contribution in [0.1, 0.15) is 5.56 Å². The van der Waals surface area contributed by atoms with Gasteiger partial charge in [0.2, 0.25) is 0 Å². The van der Waals surface area contributed by atoms with Crippen LogP contribution in [0.2, 0.25) is 6.32 Å². The zero-order chi connectivity index (χ0) is 15.9. The van der Waals surface area contributed by atoms with Crippen LogP contribution in [0.5, 0.6) is 0 Å². The first-order chi connectivity index (χ1) is 9.81. The first-order valence-corrected chi connectivity index (χ1v) is 6.08. The molecular weight excluding hydrogens is 290 g/mol. The molecule has 0 heterocycles. The number of carbonyl (C=O) groups excluding carboxylic acids is 2. The summed E-state index contributed by atoms with van der Waals surface area (Å²) in [6.07, 6.45) is -2.58. The fraction of sp³-hybridized carbons (Fsp3) is 0.333. The van der Waals surface area contributed by atoms with Gasteiger partial charge >= 0.3 is 19.0 Å². The third kappa shape index (κ3) is 6.69. The Bertz CT molecular complexity index is 481. The van der Waals surface area contributed by atoms with Gasteiger partial charge < -0.3 is 27.7 Å². The van der Waals surface area contributed by atoms with Crippen molar-refractivity contribution in [1.29, 1.82) is 0 Å². The lowest BCUT2D eigenvalue weighted by Crippen LogP contribution is -2.45. The van der Waals surface area contributed by atoms with E-state index in [2.05, 4.69) is 4.74 Å². The summed E-state index contributed by atoms with van der Waals surface area (Å²) in [6, 6.07) is 6.77. The number of esters is 1. The Balaban J connectivity index is 2.54. The van der Waals surface area contributed by atoms with Gasteiger partial charge in [-0.2, -0.15) is 0 Å². The number of halogens is 3. The highest BCUT2D eigenvalue weighted by Gasteiger charge is 2.33. The van der Waals surface area contributed by atoms with E-state index < -0.39 is 31.4 Å². The minimum absolute atomic E-state index is 0.113. The second-order valence-electron chi connectivity index (χ2n) is 4.23. The topological polar surface area (TPSA) is 64.6 Å². The molecule has 9 heteroatoms. The Morgan fingerprint density at radius 1 is 1.24 bits per heavy atom. The largest absolute Gasteiger partial charge is 0.480 e. The quantitative estimate of drug-likeness (QED) is 0.647. The molecule has 0 spiro atoms. The number of amides is 1. The smallest absolute Gasteiger partial charge is 0.468 e. The van der Waals surface area contributed by atoms with E-state index in [-0.39, 0.29) is 6.61 Å². The van der Waals surface area contributed by atoms with Crippen LogP contribution in [-0.2, 0) is 20.9 Å². The van der Waals surface area contributed by atoms with Crippen LogP contribution < -0.4 is 5.32 Å². The van der Waals surface area contributed by atoms with E-state index in [1.807, 2.05) is 5.32 Å². The highest BCUT2D eigenvalue weighted by atomic mass is 19.4. The van der Waals surface area contributed by atoms with Gasteiger partial charge in [0.1, 0.15) is 12.6 Å². The highest BCUT2D eigenvalue weighted by Crippen LogP contribution is 2.18. The van der Waals surface area contributed by atoms with Crippen LogP contribution in [0.15, 0.2) is 30.3 Å². The number of alkyl carbamates (subject to hydrolysis) is 1. The summed E-state index contributed by atoms with van der Waals surface area (Å²) in [4.78, 5) is 22.6. The van der Waals surface area contributed by atoms with Gasteiger partial charge in [-0.05, 0) is 5.56 Å². The zero-order valence-electron chi connectivity index (χ0n) is 11.2. The maximum absolute atomic E-state index is 12.4. The second kappa shape index (κ2) is 7.56. The lowest BCUT2D eigenvalue weighted by atomic mass is 9.81. The highest BCUT2D eigenvalue weighted by molar-refractivity contribution is 6.59. The molecule has 5 nitrogen and oxygen atoms in total. The van der Waals surface area contributed by atoms with Crippen LogP contribution in [0.25, 0.3) is 0 Å². The van der Waals surface area contributed by atoms with Crippen molar-refractivity contribution in [3.63, 3.8) is 0 Å². The lowest BCUT2D eigenvalue weighted by molar-refractivity contribution is -0.142. The summed E-state index contributed by atoms with van der Waals surface area (Å²) in [7, 11) is 0.940. The molecule has 0 fully saturated rings. The minimum Gasteiger partial charge on any atom is -0.468 e. The van der Waals surface area contributed by atoms with Crippen LogP contribution in [0.3, 0.4) is 0 Å². The van der Waals surface area contributed by atoms with Crippen molar-refractivity contribution in [1.82, 2.24) is 5.32 Å².